The quantitative estimate of drug-likeness (QED) is 0.849. The highest BCUT2D eigenvalue weighted by atomic mass is 32.1. The van der Waals surface area contributed by atoms with Gasteiger partial charge in [0.25, 0.3) is 5.91 Å². The summed E-state index contributed by atoms with van der Waals surface area (Å²) < 4.78 is 0. The second kappa shape index (κ2) is 5.73. The van der Waals surface area contributed by atoms with Crippen LogP contribution in [0.15, 0.2) is 36.7 Å². The van der Waals surface area contributed by atoms with Crippen molar-refractivity contribution in [1.29, 1.82) is 0 Å². The van der Waals surface area contributed by atoms with E-state index in [2.05, 4.69) is 16.9 Å². The summed E-state index contributed by atoms with van der Waals surface area (Å²) >= 11 is 1.56. The molecule has 1 amide bonds. The van der Waals surface area contributed by atoms with Crippen LogP contribution in [-0.2, 0) is 0 Å². The zero-order chi connectivity index (χ0) is 13.9. The molecule has 2 aromatic heterocycles. The van der Waals surface area contributed by atoms with E-state index in [-0.39, 0.29) is 5.91 Å². The Morgan fingerprint density at radius 3 is 2.50 bits per heavy atom. The molecule has 104 valence electrons. The molecule has 4 nitrogen and oxygen atoms in total. The van der Waals surface area contributed by atoms with Crippen molar-refractivity contribution in [3.8, 4) is 10.4 Å². The van der Waals surface area contributed by atoms with Crippen molar-refractivity contribution >= 4 is 17.2 Å². The summed E-state index contributed by atoms with van der Waals surface area (Å²) in [6.45, 7) is 3.54. The van der Waals surface area contributed by atoms with E-state index in [9.17, 15) is 4.79 Å². The van der Waals surface area contributed by atoms with E-state index in [1.807, 2.05) is 29.2 Å². The Balaban J connectivity index is 1.75. The summed E-state index contributed by atoms with van der Waals surface area (Å²) in [6, 6.07) is 7.89. The van der Waals surface area contributed by atoms with Crippen LogP contribution in [0.2, 0.25) is 0 Å². The maximum atomic E-state index is 12.5. The minimum atomic E-state index is 0.156. The Morgan fingerprint density at radius 1 is 1.10 bits per heavy atom. The third-order valence-corrected chi connectivity index (χ3v) is 4.69. The molecule has 0 spiro atoms. The maximum absolute atomic E-state index is 12.5. The van der Waals surface area contributed by atoms with Crippen LogP contribution in [0, 0.1) is 0 Å². The van der Waals surface area contributed by atoms with Crippen molar-refractivity contribution in [2.45, 2.75) is 0 Å². The second-order valence-corrected chi connectivity index (χ2v) is 6.08. The number of piperazine rings is 1. The van der Waals surface area contributed by atoms with Gasteiger partial charge in [0.1, 0.15) is 0 Å². The molecule has 1 saturated heterocycles. The Morgan fingerprint density at radius 2 is 1.80 bits per heavy atom. The van der Waals surface area contributed by atoms with Crippen LogP contribution in [0.25, 0.3) is 10.4 Å². The van der Waals surface area contributed by atoms with Gasteiger partial charge in [0, 0.05) is 43.4 Å². The first-order valence-electron chi connectivity index (χ1n) is 6.72. The number of carbonyl (C=O) groups excluding carboxylic acids is 1. The van der Waals surface area contributed by atoms with Crippen molar-refractivity contribution in [3.63, 3.8) is 0 Å². The van der Waals surface area contributed by atoms with E-state index in [1.165, 1.54) is 0 Å². The molecule has 20 heavy (non-hydrogen) atoms. The number of hydrogen-bond donors (Lipinski definition) is 0. The first kappa shape index (κ1) is 13.3. The Hall–Kier alpha value is -1.72. The third kappa shape index (κ3) is 2.73. The molecule has 0 aliphatic carbocycles. The van der Waals surface area contributed by atoms with Crippen LogP contribution >= 0.6 is 11.3 Å². The van der Waals surface area contributed by atoms with Gasteiger partial charge in [-0.05, 0) is 36.9 Å². The van der Waals surface area contributed by atoms with Crippen LogP contribution < -0.4 is 0 Å². The molecule has 0 saturated carbocycles. The minimum Gasteiger partial charge on any atom is -0.335 e. The van der Waals surface area contributed by atoms with Crippen LogP contribution in [0.4, 0.5) is 0 Å². The van der Waals surface area contributed by atoms with Gasteiger partial charge in [0.2, 0.25) is 0 Å². The fourth-order valence-corrected chi connectivity index (χ4v) is 3.27. The average molecular weight is 287 g/mol. The van der Waals surface area contributed by atoms with Crippen molar-refractivity contribution < 1.29 is 4.79 Å². The molecule has 3 rings (SSSR count). The van der Waals surface area contributed by atoms with Gasteiger partial charge >= 0.3 is 0 Å². The number of pyridine rings is 1. The minimum absolute atomic E-state index is 0.156. The number of nitrogens with zero attached hydrogens (tertiary/aromatic N) is 3. The number of rotatable bonds is 2. The van der Waals surface area contributed by atoms with Crippen molar-refractivity contribution in [3.05, 3.63) is 41.5 Å². The van der Waals surface area contributed by atoms with E-state index in [0.29, 0.717) is 0 Å². The van der Waals surface area contributed by atoms with E-state index in [4.69, 9.17) is 0 Å². The molecule has 1 fully saturated rings. The van der Waals surface area contributed by atoms with Gasteiger partial charge in [0.15, 0.2) is 0 Å². The monoisotopic (exact) mass is 287 g/mol. The Labute approximate surface area is 122 Å². The zero-order valence-corrected chi connectivity index (χ0v) is 12.3. The standard InChI is InChI=1S/C15H17N3OS/c1-17-8-10-18(11-9-17)15(19)14-3-2-13(20-14)12-4-6-16-7-5-12/h2-7H,8-11H2,1H3. The van der Waals surface area contributed by atoms with Gasteiger partial charge < -0.3 is 9.80 Å². The normalized spacial score (nSPS) is 16.4. The Kier molecular flexibility index (Phi) is 3.80. The average Bonchev–Trinajstić information content (AvgIpc) is 2.98. The Bertz CT molecular complexity index is 588. The molecule has 0 N–H and O–H groups in total. The van der Waals surface area contributed by atoms with Crippen LogP contribution in [0.3, 0.4) is 0 Å². The van der Waals surface area contributed by atoms with Crippen molar-refractivity contribution in [2.75, 3.05) is 33.2 Å². The topological polar surface area (TPSA) is 36.4 Å². The third-order valence-electron chi connectivity index (χ3n) is 3.57. The van der Waals surface area contributed by atoms with Gasteiger partial charge in [-0.3, -0.25) is 9.78 Å². The van der Waals surface area contributed by atoms with Crippen LogP contribution in [0.5, 0.6) is 0 Å². The molecule has 1 aliphatic rings. The lowest BCUT2D eigenvalue weighted by Crippen LogP contribution is -2.46. The molecule has 1 aliphatic heterocycles. The van der Waals surface area contributed by atoms with Crippen molar-refractivity contribution in [2.24, 2.45) is 0 Å². The molecule has 0 atom stereocenters. The largest absolute Gasteiger partial charge is 0.335 e. The molecular weight excluding hydrogens is 270 g/mol. The number of likely N-dealkylation sites (N-methyl/N-ethyl adjacent to an activating group) is 1. The molecule has 0 unspecified atom stereocenters. The summed E-state index contributed by atoms with van der Waals surface area (Å²) in [4.78, 5) is 22.6. The summed E-state index contributed by atoms with van der Waals surface area (Å²) in [5.74, 6) is 0.156. The molecular formula is C15H17N3OS. The number of amides is 1. The van der Waals surface area contributed by atoms with Crippen LogP contribution in [-0.4, -0.2) is 53.9 Å². The highest BCUT2D eigenvalue weighted by Crippen LogP contribution is 2.28. The molecule has 0 bridgehead atoms. The second-order valence-electron chi connectivity index (χ2n) is 5.00. The molecule has 0 aromatic carbocycles. The number of thiophene rings is 1. The summed E-state index contributed by atoms with van der Waals surface area (Å²) in [6.07, 6.45) is 3.55. The zero-order valence-electron chi connectivity index (χ0n) is 11.5. The molecule has 2 aromatic rings. The SMILES string of the molecule is CN1CCN(C(=O)c2ccc(-c3ccncc3)s2)CC1. The van der Waals surface area contributed by atoms with Crippen molar-refractivity contribution in [1.82, 2.24) is 14.8 Å². The maximum Gasteiger partial charge on any atom is 0.264 e. The predicted octanol–water partition coefficient (Wildman–Crippen LogP) is 2.20. The first-order valence-corrected chi connectivity index (χ1v) is 7.54. The van der Waals surface area contributed by atoms with Gasteiger partial charge in [-0.15, -0.1) is 11.3 Å². The van der Waals surface area contributed by atoms with E-state index >= 15 is 0 Å². The van der Waals surface area contributed by atoms with Gasteiger partial charge in [-0.2, -0.15) is 0 Å². The van der Waals surface area contributed by atoms with Gasteiger partial charge in [0.05, 0.1) is 4.88 Å². The van der Waals surface area contributed by atoms with Gasteiger partial charge in [-0.25, -0.2) is 0 Å². The first-order chi connectivity index (χ1) is 9.74. The van der Waals surface area contributed by atoms with Crippen LogP contribution in [0.1, 0.15) is 9.67 Å². The fourth-order valence-electron chi connectivity index (χ4n) is 2.29. The van der Waals surface area contributed by atoms with Gasteiger partial charge in [-0.1, -0.05) is 0 Å². The highest BCUT2D eigenvalue weighted by molar-refractivity contribution is 7.17. The van der Waals surface area contributed by atoms with E-state index in [0.717, 1.165) is 41.5 Å². The lowest BCUT2D eigenvalue weighted by Gasteiger charge is -2.32. The lowest BCUT2D eigenvalue weighted by molar-refractivity contribution is 0.0669. The fraction of sp³-hybridized carbons (Fsp3) is 0.333. The summed E-state index contributed by atoms with van der Waals surface area (Å²) in [5, 5.41) is 0. The van der Waals surface area contributed by atoms with E-state index < -0.39 is 0 Å². The molecule has 0 radical (unpaired) electrons. The smallest absolute Gasteiger partial charge is 0.264 e. The number of aromatic nitrogens is 1. The number of carbonyl (C=O) groups is 1. The summed E-state index contributed by atoms with van der Waals surface area (Å²) in [7, 11) is 2.09. The highest BCUT2D eigenvalue weighted by Gasteiger charge is 2.21. The number of hydrogen-bond acceptors (Lipinski definition) is 4. The predicted molar refractivity (Wildman–Crippen MR) is 81.0 cm³/mol. The summed E-state index contributed by atoms with van der Waals surface area (Å²) in [5.41, 5.74) is 1.11. The lowest BCUT2D eigenvalue weighted by atomic mass is 10.2. The molecule has 3 heterocycles. The van der Waals surface area contributed by atoms with E-state index in [1.54, 1.807) is 23.7 Å². The molecule has 5 heteroatoms.